The van der Waals surface area contributed by atoms with Crippen molar-refractivity contribution in [3.8, 4) is 0 Å². The molecule has 0 fully saturated rings. The molecule has 1 amide bonds. The molecule has 24 heavy (non-hydrogen) atoms. The summed E-state index contributed by atoms with van der Waals surface area (Å²) in [5.41, 5.74) is 0. The van der Waals surface area contributed by atoms with Crippen LogP contribution in [0.5, 0.6) is 0 Å². The van der Waals surface area contributed by atoms with Gasteiger partial charge in [-0.15, -0.1) is 0 Å². The lowest BCUT2D eigenvalue weighted by atomic mass is 10.0. The highest BCUT2D eigenvalue weighted by molar-refractivity contribution is 5.81. The molecule has 0 saturated carbocycles. The van der Waals surface area contributed by atoms with Crippen LogP contribution in [0.25, 0.3) is 0 Å². The summed E-state index contributed by atoms with van der Waals surface area (Å²) in [6, 6.07) is 0. The van der Waals surface area contributed by atoms with E-state index in [9.17, 15) is 30.0 Å². The molecule has 0 unspecified atom stereocenters. The number of rotatable bonds is 13. The monoisotopic (exact) mass is 349 g/mol. The van der Waals surface area contributed by atoms with Crippen LogP contribution in [0, 0.1) is 0 Å². The molecule has 0 aliphatic carbocycles. The van der Waals surface area contributed by atoms with Crippen LogP contribution in [0.3, 0.4) is 0 Å². The number of ether oxygens (including phenoxy) is 1. The second kappa shape index (κ2) is 13.1. The molecule has 0 spiro atoms. The molecule has 0 aromatic heterocycles. The average Bonchev–Trinajstić information content (AvgIpc) is 2.56. The molecule has 4 atom stereocenters. The molecule has 0 aliphatic rings. The third kappa shape index (κ3) is 9.82. The summed E-state index contributed by atoms with van der Waals surface area (Å²) in [6.07, 6.45) is -0.902. The maximum absolute atomic E-state index is 11.7. The van der Waals surface area contributed by atoms with Gasteiger partial charge < -0.3 is 30.5 Å². The Bertz CT molecular complexity index is 364. The van der Waals surface area contributed by atoms with Crippen LogP contribution in [-0.2, 0) is 14.3 Å². The van der Waals surface area contributed by atoms with E-state index in [0.29, 0.717) is 6.54 Å². The zero-order valence-corrected chi connectivity index (χ0v) is 14.5. The molecule has 8 heteroatoms. The van der Waals surface area contributed by atoms with Gasteiger partial charge in [-0.3, -0.25) is 9.59 Å². The van der Waals surface area contributed by atoms with Gasteiger partial charge in [0.25, 0.3) is 5.91 Å². The fraction of sp³-hybridized carbons (Fsp3) is 0.875. The lowest BCUT2D eigenvalue weighted by Crippen LogP contribution is -2.52. The van der Waals surface area contributed by atoms with E-state index < -0.39 is 42.9 Å². The van der Waals surface area contributed by atoms with Crippen LogP contribution < -0.4 is 5.32 Å². The number of nitrogens with one attached hydrogen (secondary N) is 1. The van der Waals surface area contributed by atoms with E-state index in [2.05, 4.69) is 17.0 Å². The summed E-state index contributed by atoms with van der Waals surface area (Å²) in [6.45, 7) is 3.07. The van der Waals surface area contributed by atoms with Gasteiger partial charge in [-0.25, -0.2) is 0 Å². The van der Waals surface area contributed by atoms with Crippen molar-refractivity contribution < 1.29 is 34.8 Å². The van der Waals surface area contributed by atoms with Crippen LogP contribution in [0.2, 0.25) is 0 Å². The van der Waals surface area contributed by atoms with Crippen molar-refractivity contribution in [3.05, 3.63) is 0 Å². The number of aliphatic hydroxyl groups excluding tert-OH is 4. The highest BCUT2D eigenvalue weighted by Gasteiger charge is 2.34. The predicted octanol–water partition coefficient (Wildman–Crippen LogP) is -0.530. The van der Waals surface area contributed by atoms with E-state index in [4.69, 9.17) is 0 Å². The molecule has 0 heterocycles. The summed E-state index contributed by atoms with van der Waals surface area (Å²) in [5, 5.41) is 41.2. The molecule has 5 N–H and O–H groups in total. The fourth-order valence-electron chi connectivity index (χ4n) is 2.09. The van der Waals surface area contributed by atoms with Crippen molar-refractivity contribution in [1.29, 1.82) is 0 Å². The molecule has 8 nitrogen and oxygen atoms in total. The lowest BCUT2D eigenvalue weighted by molar-refractivity contribution is -0.158. The van der Waals surface area contributed by atoms with Gasteiger partial charge in [0.1, 0.15) is 24.9 Å². The zero-order chi connectivity index (χ0) is 18.5. The molecule has 0 aliphatic heterocycles. The van der Waals surface area contributed by atoms with Gasteiger partial charge in [0.2, 0.25) is 0 Å². The third-order valence-electron chi connectivity index (χ3n) is 3.62. The minimum absolute atomic E-state index is 0.362. The average molecular weight is 349 g/mol. The van der Waals surface area contributed by atoms with Crippen LogP contribution >= 0.6 is 0 Å². The first-order valence-electron chi connectivity index (χ1n) is 8.44. The van der Waals surface area contributed by atoms with Crippen LogP contribution in [0.15, 0.2) is 0 Å². The predicted molar refractivity (Wildman–Crippen MR) is 87.0 cm³/mol. The van der Waals surface area contributed by atoms with Gasteiger partial charge in [-0.05, 0) is 6.42 Å². The van der Waals surface area contributed by atoms with Crippen LogP contribution in [0.4, 0.5) is 0 Å². The SMILES string of the molecule is CCCCCCCCNC(=O)[C@H](O)[C@@H](O)[C@H](O)[C@H](O)COC(C)=O. The summed E-state index contributed by atoms with van der Waals surface area (Å²) in [7, 11) is 0. The topological polar surface area (TPSA) is 136 Å². The first-order valence-corrected chi connectivity index (χ1v) is 8.44. The largest absolute Gasteiger partial charge is 0.463 e. The second-order valence-corrected chi connectivity index (χ2v) is 5.85. The molecule has 0 radical (unpaired) electrons. The van der Waals surface area contributed by atoms with E-state index in [1.54, 1.807) is 0 Å². The molecule has 142 valence electrons. The van der Waals surface area contributed by atoms with E-state index in [-0.39, 0.29) is 0 Å². The lowest BCUT2D eigenvalue weighted by Gasteiger charge is -2.25. The van der Waals surface area contributed by atoms with Crippen molar-refractivity contribution in [3.63, 3.8) is 0 Å². The van der Waals surface area contributed by atoms with Crippen molar-refractivity contribution in [2.75, 3.05) is 13.2 Å². The molecular formula is C16H31NO7. The molecule has 0 saturated heterocycles. The van der Waals surface area contributed by atoms with E-state index in [1.807, 2.05) is 0 Å². The van der Waals surface area contributed by atoms with Crippen LogP contribution in [-0.4, -0.2) is 69.9 Å². The standard InChI is InChI=1S/C16H31NO7/c1-3-4-5-6-7-8-9-17-16(23)15(22)14(21)13(20)12(19)10-24-11(2)18/h12-15,19-22H,3-10H2,1-2H3,(H,17,23)/t12-,13-,14+,15-/m1/s1. The Hall–Kier alpha value is -1.22. The Labute approximate surface area is 142 Å². The quantitative estimate of drug-likeness (QED) is 0.223. The summed E-state index contributed by atoms with van der Waals surface area (Å²) >= 11 is 0. The van der Waals surface area contributed by atoms with Gasteiger partial charge in [-0.2, -0.15) is 0 Å². The summed E-state index contributed by atoms with van der Waals surface area (Å²) in [4.78, 5) is 22.3. The number of aliphatic hydroxyl groups is 4. The molecule has 0 aromatic carbocycles. The Morgan fingerprint density at radius 1 is 0.958 bits per heavy atom. The van der Waals surface area contributed by atoms with Gasteiger partial charge in [0, 0.05) is 13.5 Å². The minimum Gasteiger partial charge on any atom is -0.463 e. The summed E-state index contributed by atoms with van der Waals surface area (Å²) < 4.78 is 4.49. The van der Waals surface area contributed by atoms with Gasteiger partial charge in [0.15, 0.2) is 6.10 Å². The van der Waals surface area contributed by atoms with Crippen molar-refractivity contribution >= 4 is 11.9 Å². The van der Waals surface area contributed by atoms with Crippen LogP contribution in [0.1, 0.15) is 52.4 Å². The number of hydrogen-bond donors (Lipinski definition) is 5. The third-order valence-corrected chi connectivity index (χ3v) is 3.62. The summed E-state index contributed by atoms with van der Waals surface area (Å²) in [5.74, 6) is -1.48. The molecule has 0 rings (SSSR count). The smallest absolute Gasteiger partial charge is 0.302 e. The van der Waals surface area contributed by atoms with Gasteiger partial charge >= 0.3 is 5.97 Å². The first-order chi connectivity index (χ1) is 11.3. The maximum Gasteiger partial charge on any atom is 0.302 e. The van der Waals surface area contributed by atoms with Crippen molar-refractivity contribution in [2.24, 2.45) is 0 Å². The Morgan fingerprint density at radius 3 is 2.12 bits per heavy atom. The highest BCUT2D eigenvalue weighted by atomic mass is 16.5. The Kier molecular flexibility index (Phi) is 12.4. The fourth-order valence-corrected chi connectivity index (χ4v) is 2.09. The number of unbranched alkanes of at least 4 members (excludes halogenated alkanes) is 5. The zero-order valence-electron chi connectivity index (χ0n) is 14.5. The highest BCUT2D eigenvalue weighted by Crippen LogP contribution is 2.07. The normalized spacial score (nSPS) is 16.1. The van der Waals surface area contributed by atoms with E-state index >= 15 is 0 Å². The van der Waals surface area contributed by atoms with Gasteiger partial charge in [-0.1, -0.05) is 39.0 Å². The van der Waals surface area contributed by atoms with E-state index in [0.717, 1.165) is 39.0 Å². The molecule has 0 bridgehead atoms. The number of carbonyl (C=O) groups is 2. The second-order valence-electron chi connectivity index (χ2n) is 5.85. The molecule has 0 aromatic rings. The number of esters is 1. The number of carbonyl (C=O) groups excluding carboxylic acids is 2. The Balaban J connectivity index is 4.05. The maximum atomic E-state index is 11.7. The van der Waals surface area contributed by atoms with Crippen molar-refractivity contribution in [2.45, 2.75) is 76.8 Å². The van der Waals surface area contributed by atoms with E-state index in [1.165, 1.54) is 6.42 Å². The Morgan fingerprint density at radius 2 is 1.54 bits per heavy atom. The van der Waals surface area contributed by atoms with Crippen molar-refractivity contribution in [1.82, 2.24) is 5.32 Å². The molecular weight excluding hydrogens is 318 g/mol. The number of hydrogen-bond acceptors (Lipinski definition) is 7. The first kappa shape index (κ1) is 22.8. The number of amides is 1. The minimum atomic E-state index is -1.89. The van der Waals surface area contributed by atoms with Gasteiger partial charge in [0.05, 0.1) is 0 Å².